The predicted octanol–water partition coefficient (Wildman–Crippen LogP) is 3.79. The van der Waals surface area contributed by atoms with Crippen molar-refractivity contribution in [2.45, 2.75) is 32.2 Å². The van der Waals surface area contributed by atoms with Crippen molar-refractivity contribution in [2.75, 3.05) is 6.54 Å². The summed E-state index contributed by atoms with van der Waals surface area (Å²) in [7, 11) is 0. The van der Waals surface area contributed by atoms with Gasteiger partial charge < -0.3 is 5.32 Å². The second-order valence-corrected chi connectivity index (χ2v) is 4.84. The first-order valence-electron chi connectivity index (χ1n) is 5.75. The van der Waals surface area contributed by atoms with Crippen molar-refractivity contribution in [1.29, 1.82) is 0 Å². The molecular formula is C13H18ClN. The van der Waals surface area contributed by atoms with Crippen LogP contribution in [-0.2, 0) is 0 Å². The van der Waals surface area contributed by atoms with Crippen molar-refractivity contribution in [2.24, 2.45) is 5.92 Å². The first-order valence-corrected chi connectivity index (χ1v) is 6.13. The van der Waals surface area contributed by atoms with Crippen LogP contribution in [0.3, 0.4) is 0 Å². The van der Waals surface area contributed by atoms with Crippen LogP contribution in [0.25, 0.3) is 0 Å². The molecule has 1 aromatic rings. The van der Waals surface area contributed by atoms with Gasteiger partial charge in [-0.25, -0.2) is 0 Å². The number of benzene rings is 1. The lowest BCUT2D eigenvalue weighted by atomic mass is 10.1. The molecule has 1 aliphatic carbocycles. The fraction of sp³-hybridized carbons (Fsp3) is 0.538. The van der Waals surface area contributed by atoms with Gasteiger partial charge in [0.2, 0.25) is 0 Å². The highest BCUT2D eigenvalue weighted by molar-refractivity contribution is 6.31. The molecule has 0 unspecified atom stereocenters. The lowest BCUT2D eigenvalue weighted by Gasteiger charge is -2.15. The monoisotopic (exact) mass is 223 g/mol. The lowest BCUT2D eigenvalue weighted by molar-refractivity contribution is 0.540. The lowest BCUT2D eigenvalue weighted by Crippen LogP contribution is -2.20. The van der Waals surface area contributed by atoms with Crippen molar-refractivity contribution in [1.82, 2.24) is 5.32 Å². The molecule has 2 rings (SSSR count). The molecule has 0 spiro atoms. The van der Waals surface area contributed by atoms with Gasteiger partial charge in [-0.05, 0) is 37.4 Å². The summed E-state index contributed by atoms with van der Waals surface area (Å²) >= 11 is 6.13. The van der Waals surface area contributed by atoms with Gasteiger partial charge in [-0.2, -0.15) is 0 Å². The third-order valence-electron chi connectivity index (χ3n) is 3.07. The Hall–Kier alpha value is -0.530. The van der Waals surface area contributed by atoms with Crippen molar-refractivity contribution in [3.63, 3.8) is 0 Å². The minimum atomic E-state index is 0.359. The average molecular weight is 224 g/mol. The second kappa shape index (κ2) is 5.00. The van der Waals surface area contributed by atoms with E-state index in [1.165, 1.54) is 24.8 Å². The predicted molar refractivity (Wildman–Crippen MR) is 65.2 cm³/mol. The molecule has 1 atom stereocenters. The van der Waals surface area contributed by atoms with E-state index >= 15 is 0 Å². The molecule has 1 fully saturated rings. The average Bonchev–Trinajstić information content (AvgIpc) is 3.02. The van der Waals surface area contributed by atoms with Crippen molar-refractivity contribution in [3.8, 4) is 0 Å². The van der Waals surface area contributed by atoms with E-state index in [2.05, 4.69) is 18.3 Å². The van der Waals surface area contributed by atoms with Gasteiger partial charge in [-0.3, -0.25) is 0 Å². The second-order valence-electron chi connectivity index (χ2n) is 4.43. The highest BCUT2D eigenvalue weighted by atomic mass is 35.5. The topological polar surface area (TPSA) is 12.0 Å². The molecule has 2 heteroatoms. The van der Waals surface area contributed by atoms with E-state index in [4.69, 9.17) is 11.6 Å². The summed E-state index contributed by atoms with van der Waals surface area (Å²) in [5.74, 6) is 0.996. The van der Waals surface area contributed by atoms with E-state index in [-0.39, 0.29) is 0 Å². The Bertz CT molecular complexity index is 320. The largest absolute Gasteiger partial charge is 0.310 e. The number of nitrogens with one attached hydrogen (secondary N) is 1. The van der Waals surface area contributed by atoms with Crippen LogP contribution in [0.15, 0.2) is 24.3 Å². The Balaban J connectivity index is 1.83. The molecule has 0 radical (unpaired) electrons. The molecule has 0 amide bonds. The molecule has 1 aromatic carbocycles. The fourth-order valence-corrected chi connectivity index (χ4v) is 2.15. The third-order valence-corrected chi connectivity index (χ3v) is 3.42. The Morgan fingerprint density at radius 2 is 2.13 bits per heavy atom. The fourth-order valence-electron chi connectivity index (χ4n) is 1.85. The maximum absolute atomic E-state index is 6.13. The standard InChI is InChI=1S/C13H18ClN/c1-10(15-9-8-11-6-7-11)12-4-2-3-5-13(12)14/h2-5,10-11,15H,6-9H2,1H3/t10-/m1/s1. The molecule has 0 aromatic heterocycles. The summed E-state index contributed by atoms with van der Waals surface area (Å²) < 4.78 is 0. The van der Waals surface area contributed by atoms with Gasteiger partial charge in [0.1, 0.15) is 0 Å². The third kappa shape index (κ3) is 3.22. The molecule has 1 aliphatic rings. The normalized spacial score (nSPS) is 17.7. The Labute approximate surface area is 96.8 Å². The number of rotatable bonds is 5. The van der Waals surface area contributed by atoms with Crippen LogP contribution >= 0.6 is 11.6 Å². The minimum Gasteiger partial charge on any atom is -0.310 e. The maximum Gasteiger partial charge on any atom is 0.0453 e. The van der Waals surface area contributed by atoms with Gasteiger partial charge in [0.25, 0.3) is 0 Å². The molecule has 15 heavy (non-hydrogen) atoms. The van der Waals surface area contributed by atoms with Crippen molar-refractivity contribution in [3.05, 3.63) is 34.9 Å². The van der Waals surface area contributed by atoms with E-state index in [9.17, 15) is 0 Å². The van der Waals surface area contributed by atoms with Crippen LogP contribution in [0.4, 0.5) is 0 Å². The zero-order valence-corrected chi connectivity index (χ0v) is 9.93. The Morgan fingerprint density at radius 3 is 2.80 bits per heavy atom. The molecule has 1 saturated carbocycles. The molecule has 1 N–H and O–H groups in total. The van der Waals surface area contributed by atoms with Gasteiger partial charge in [0.05, 0.1) is 0 Å². The molecule has 0 saturated heterocycles. The first-order chi connectivity index (χ1) is 7.27. The summed E-state index contributed by atoms with van der Waals surface area (Å²) in [6.07, 6.45) is 4.18. The van der Waals surface area contributed by atoms with Crippen LogP contribution in [0.2, 0.25) is 5.02 Å². The van der Waals surface area contributed by atoms with Crippen LogP contribution in [0.1, 0.15) is 37.8 Å². The molecule has 0 bridgehead atoms. The van der Waals surface area contributed by atoms with E-state index in [1.54, 1.807) is 0 Å². The summed E-state index contributed by atoms with van der Waals surface area (Å²) in [4.78, 5) is 0. The zero-order chi connectivity index (χ0) is 10.7. The van der Waals surface area contributed by atoms with Gasteiger partial charge in [-0.15, -0.1) is 0 Å². The smallest absolute Gasteiger partial charge is 0.0453 e. The molecule has 0 aliphatic heterocycles. The van der Waals surface area contributed by atoms with Crippen LogP contribution < -0.4 is 5.32 Å². The van der Waals surface area contributed by atoms with E-state index in [0.29, 0.717) is 6.04 Å². The summed E-state index contributed by atoms with van der Waals surface area (Å²) in [6, 6.07) is 8.42. The van der Waals surface area contributed by atoms with Gasteiger partial charge in [0, 0.05) is 11.1 Å². The molecular weight excluding hydrogens is 206 g/mol. The van der Waals surface area contributed by atoms with Crippen LogP contribution in [-0.4, -0.2) is 6.54 Å². The highest BCUT2D eigenvalue weighted by Crippen LogP contribution is 2.32. The van der Waals surface area contributed by atoms with Gasteiger partial charge in [0.15, 0.2) is 0 Å². The maximum atomic E-state index is 6.13. The number of halogens is 1. The molecule has 0 heterocycles. The van der Waals surface area contributed by atoms with E-state index in [1.807, 2.05) is 18.2 Å². The van der Waals surface area contributed by atoms with Gasteiger partial charge in [-0.1, -0.05) is 42.6 Å². The minimum absolute atomic E-state index is 0.359. The van der Waals surface area contributed by atoms with Crippen molar-refractivity contribution >= 4 is 11.6 Å². The summed E-state index contributed by atoms with van der Waals surface area (Å²) in [6.45, 7) is 3.28. The van der Waals surface area contributed by atoms with Crippen LogP contribution in [0, 0.1) is 5.92 Å². The Morgan fingerprint density at radius 1 is 1.40 bits per heavy atom. The highest BCUT2D eigenvalue weighted by Gasteiger charge is 2.20. The number of hydrogen-bond donors (Lipinski definition) is 1. The summed E-state index contributed by atoms with van der Waals surface area (Å²) in [5.41, 5.74) is 1.20. The quantitative estimate of drug-likeness (QED) is 0.801. The number of hydrogen-bond acceptors (Lipinski definition) is 1. The zero-order valence-electron chi connectivity index (χ0n) is 9.17. The van der Waals surface area contributed by atoms with Crippen molar-refractivity contribution < 1.29 is 0 Å². The SMILES string of the molecule is C[C@@H](NCCC1CC1)c1ccccc1Cl. The molecule has 82 valence electrons. The first kappa shape index (κ1) is 11.0. The Kier molecular flexibility index (Phi) is 3.66. The van der Waals surface area contributed by atoms with Gasteiger partial charge >= 0.3 is 0 Å². The molecule has 1 nitrogen and oxygen atoms in total. The van der Waals surface area contributed by atoms with E-state index in [0.717, 1.165) is 17.5 Å². The van der Waals surface area contributed by atoms with Crippen LogP contribution in [0.5, 0.6) is 0 Å². The van der Waals surface area contributed by atoms with E-state index < -0.39 is 0 Å². The summed E-state index contributed by atoms with van der Waals surface area (Å²) in [5, 5.41) is 4.39.